The molecule has 4 nitrogen and oxygen atoms in total. The molecule has 0 spiro atoms. The Morgan fingerprint density at radius 1 is 1.10 bits per heavy atom. The molecule has 1 aromatic heterocycles. The molecule has 1 aliphatic heterocycles. The van der Waals surface area contributed by atoms with Gasteiger partial charge < -0.3 is 10.0 Å². The van der Waals surface area contributed by atoms with Gasteiger partial charge in [-0.1, -0.05) is 46.9 Å². The number of hydrogen-bond acceptors (Lipinski definition) is 5. The summed E-state index contributed by atoms with van der Waals surface area (Å²) >= 11 is 20.3. The lowest BCUT2D eigenvalue weighted by molar-refractivity contribution is 0.00726. The van der Waals surface area contributed by atoms with E-state index >= 15 is 0 Å². The maximum atomic E-state index is 11.0. The lowest BCUT2D eigenvalue weighted by Crippen LogP contribution is -2.52. The summed E-state index contributed by atoms with van der Waals surface area (Å²) in [4.78, 5) is 8.89. The Morgan fingerprint density at radius 2 is 1.83 bits per heavy atom. The van der Waals surface area contributed by atoms with Crippen molar-refractivity contribution in [2.75, 3.05) is 31.1 Å². The van der Waals surface area contributed by atoms with Gasteiger partial charge in [-0.2, -0.15) is 0 Å². The fourth-order valence-corrected chi connectivity index (χ4v) is 5.27. The predicted molar refractivity (Wildman–Crippen MR) is 126 cm³/mol. The molecule has 1 aliphatic rings. The number of piperazine rings is 1. The number of β-amino-alcohol motifs (C(OH)–C–C–N with tert-alkyl or cyclic N) is 1. The van der Waals surface area contributed by atoms with Gasteiger partial charge in [-0.05, 0) is 42.8 Å². The summed E-state index contributed by atoms with van der Waals surface area (Å²) in [7, 11) is 0. The molecule has 4 rings (SSSR count). The summed E-state index contributed by atoms with van der Waals surface area (Å²) in [6, 6.07) is 13.6. The van der Waals surface area contributed by atoms with Crippen molar-refractivity contribution in [2.45, 2.75) is 18.6 Å². The Hall–Kier alpha value is -1.34. The number of hydrogen-bond donors (Lipinski definition) is 1. The van der Waals surface area contributed by atoms with Crippen molar-refractivity contribution in [1.29, 1.82) is 0 Å². The van der Waals surface area contributed by atoms with E-state index in [0.717, 1.165) is 30.9 Å². The first-order chi connectivity index (χ1) is 14.3. The highest BCUT2D eigenvalue weighted by Gasteiger charge is 2.34. The summed E-state index contributed by atoms with van der Waals surface area (Å²) < 4.78 is 0. The van der Waals surface area contributed by atoms with Crippen LogP contribution in [0, 0.1) is 0 Å². The molecule has 2 aromatic carbocycles. The van der Waals surface area contributed by atoms with E-state index in [4.69, 9.17) is 34.8 Å². The van der Waals surface area contributed by atoms with Gasteiger partial charge in [0.15, 0.2) is 0 Å². The van der Waals surface area contributed by atoms with Gasteiger partial charge in [0.2, 0.25) is 0 Å². The van der Waals surface area contributed by atoms with Crippen LogP contribution in [0.1, 0.15) is 24.2 Å². The van der Waals surface area contributed by atoms with Gasteiger partial charge in [0.25, 0.3) is 0 Å². The van der Waals surface area contributed by atoms with Crippen molar-refractivity contribution in [2.24, 2.45) is 0 Å². The Kier molecular flexibility index (Phi) is 6.58. The molecular formula is C22H22Cl3N3OS. The van der Waals surface area contributed by atoms with Gasteiger partial charge in [-0.25, -0.2) is 4.98 Å². The van der Waals surface area contributed by atoms with Gasteiger partial charge in [0.05, 0.1) is 28.0 Å². The Balaban J connectivity index is 1.62. The topological polar surface area (TPSA) is 39.6 Å². The fraction of sp³-hybridized carbons (Fsp3) is 0.318. The average Bonchev–Trinajstić information content (AvgIpc) is 3.25. The second kappa shape index (κ2) is 9.03. The van der Waals surface area contributed by atoms with E-state index in [9.17, 15) is 5.11 Å². The second-order valence-corrected chi connectivity index (χ2v) is 9.74. The second-order valence-electron chi connectivity index (χ2n) is 7.74. The van der Waals surface area contributed by atoms with E-state index in [-0.39, 0.29) is 6.04 Å². The SMILES string of the molecule is C[C@@](O)(CN1CCN(c2ccc(Cl)cc2Cl)[C@H](c2ccc(Cl)cc2)C1)c1cscn1. The Morgan fingerprint density at radius 3 is 2.50 bits per heavy atom. The molecule has 0 unspecified atom stereocenters. The molecule has 2 heterocycles. The van der Waals surface area contributed by atoms with Crippen LogP contribution in [0.2, 0.25) is 15.1 Å². The number of benzene rings is 2. The first-order valence-electron chi connectivity index (χ1n) is 9.64. The number of halogens is 3. The number of thiazole rings is 1. The minimum atomic E-state index is -1.01. The molecule has 0 saturated carbocycles. The Labute approximate surface area is 195 Å². The third-order valence-corrected chi connectivity index (χ3v) is 6.83. The van der Waals surface area contributed by atoms with Crippen LogP contribution in [0.3, 0.4) is 0 Å². The minimum Gasteiger partial charge on any atom is -0.382 e. The van der Waals surface area contributed by atoms with Crippen molar-refractivity contribution in [3.8, 4) is 0 Å². The van der Waals surface area contributed by atoms with E-state index in [1.807, 2.05) is 48.7 Å². The first kappa shape index (κ1) is 21.9. The van der Waals surface area contributed by atoms with Gasteiger partial charge in [0.1, 0.15) is 5.60 Å². The van der Waals surface area contributed by atoms with Crippen LogP contribution in [-0.2, 0) is 5.60 Å². The first-order valence-corrected chi connectivity index (χ1v) is 11.7. The van der Waals surface area contributed by atoms with E-state index in [1.54, 1.807) is 11.6 Å². The van der Waals surface area contributed by atoms with Crippen LogP contribution in [0.15, 0.2) is 53.4 Å². The van der Waals surface area contributed by atoms with Gasteiger partial charge >= 0.3 is 0 Å². The third kappa shape index (κ3) is 4.77. The smallest absolute Gasteiger partial charge is 0.117 e. The Bertz CT molecular complexity index is 995. The normalized spacial score (nSPS) is 19.6. The molecule has 1 fully saturated rings. The molecule has 1 saturated heterocycles. The highest BCUT2D eigenvalue weighted by molar-refractivity contribution is 7.07. The molecule has 158 valence electrons. The van der Waals surface area contributed by atoms with Crippen molar-refractivity contribution in [3.63, 3.8) is 0 Å². The van der Waals surface area contributed by atoms with Gasteiger partial charge in [-0.15, -0.1) is 11.3 Å². The van der Waals surface area contributed by atoms with Crippen LogP contribution in [0.4, 0.5) is 5.69 Å². The van der Waals surface area contributed by atoms with Gasteiger partial charge in [-0.3, -0.25) is 4.90 Å². The maximum absolute atomic E-state index is 11.0. The van der Waals surface area contributed by atoms with E-state index in [2.05, 4.69) is 14.8 Å². The monoisotopic (exact) mass is 481 g/mol. The molecule has 2 atom stereocenters. The molecule has 0 aliphatic carbocycles. The van der Waals surface area contributed by atoms with E-state index in [1.165, 1.54) is 11.3 Å². The molecule has 0 amide bonds. The van der Waals surface area contributed by atoms with Gasteiger partial charge in [0, 0.05) is 41.6 Å². The lowest BCUT2D eigenvalue weighted by Gasteiger charge is -2.45. The number of anilines is 1. The van der Waals surface area contributed by atoms with E-state index < -0.39 is 5.60 Å². The van der Waals surface area contributed by atoms with Crippen molar-refractivity contribution in [1.82, 2.24) is 9.88 Å². The molecule has 8 heteroatoms. The summed E-state index contributed by atoms with van der Waals surface area (Å²) in [5.74, 6) is 0. The maximum Gasteiger partial charge on any atom is 0.117 e. The average molecular weight is 483 g/mol. The van der Waals surface area contributed by atoms with Crippen molar-refractivity contribution < 1.29 is 5.11 Å². The zero-order valence-electron chi connectivity index (χ0n) is 16.4. The fourth-order valence-electron chi connectivity index (χ4n) is 3.95. The summed E-state index contributed by atoms with van der Waals surface area (Å²) in [6.07, 6.45) is 0. The number of rotatable bonds is 5. The standard InChI is InChI=1S/C22H22Cl3N3OS/c1-22(29,21-12-30-14-26-21)13-27-8-9-28(19-7-6-17(24)10-18(19)25)20(11-27)15-2-4-16(23)5-3-15/h2-7,10,12,14,20,29H,8-9,11,13H2,1H3/t20-,22+/m0/s1. The third-order valence-electron chi connectivity index (χ3n) is 5.45. The largest absolute Gasteiger partial charge is 0.382 e. The molecule has 0 radical (unpaired) electrons. The van der Waals surface area contributed by atoms with Crippen LogP contribution >= 0.6 is 46.1 Å². The molecular weight excluding hydrogens is 461 g/mol. The van der Waals surface area contributed by atoms with Crippen LogP contribution < -0.4 is 4.90 Å². The summed E-state index contributed by atoms with van der Waals surface area (Å²) in [5.41, 5.74) is 3.54. The lowest BCUT2D eigenvalue weighted by atomic mass is 9.98. The zero-order valence-corrected chi connectivity index (χ0v) is 19.5. The molecule has 30 heavy (non-hydrogen) atoms. The highest BCUT2D eigenvalue weighted by atomic mass is 35.5. The number of nitrogens with zero attached hydrogens (tertiary/aromatic N) is 3. The van der Waals surface area contributed by atoms with Crippen LogP contribution in [0.25, 0.3) is 0 Å². The number of aromatic nitrogens is 1. The van der Waals surface area contributed by atoms with Crippen molar-refractivity contribution in [3.05, 3.63) is 79.7 Å². The quantitative estimate of drug-likeness (QED) is 0.493. The number of aliphatic hydroxyl groups is 1. The van der Waals surface area contributed by atoms with Crippen molar-refractivity contribution >= 4 is 51.8 Å². The van der Waals surface area contributed by atoms with Crippen LogP contribution in [0.5, 0.6) is 0 Å². The minimum absolute atomic E-state index is 0.0564. The molecule has 0 bridgehead atoms. The predicted octanol–water partition coefficient (Wildman–Crippen LogP) is 5.87. The van der Waals surface area contributed by atoms with Crippen LogP contribution in [-0.4, -0.2) is 41.2 Å². The zero-order chi connectivity index (χ0) is 21.3. The molecule has 3 aromatic rings. The summed E-state index contributed by atoms with van der Waals surface area (Å²) in [6.45, 7) is 4.62. The highest BCUT2D eigenvalue weighted by Crippen LogP contribution is 2.37. The summed E-state index contributed by atoms with van der Waals surface area (Å²) in [5, 5.41) is 14.9. The van der Waals surface area contributed by atoms with E-state index in [0.29, 0.717) is 27.3 Å². The molecule has 1 N–H and O–H groups in total.